The molecule has 3 N–H and O–H groups in total. The number of carbonyl (C=O) groups excluding carboxylic acids is 3. The SMILES string of the molecule is O=C(CC1NC(=O)N(Cc2cccc(Cl)c2)C1=O)N[C@H](CO)c1ccccc1. The first-order valence-electron chi connectivity index (χ1n) is 8.79. The lowest BCUT2D eigenvalue weighted by Gasteiger charge is -2.18. The van der Waals surface area contributed by atoms with E-state index in [1.165, 1.54) is 0 Å². The molecule has 1 saturated heterocycles. The molecule has 28 heavy (non-hydrogen) atoms. The van der Waals surface area contributed by atoms with Crippen molar-refractivity contribution < 1.29 is 19.5 Å². The predicted molar refractivity (Wildman–Crippen MR) is 103 cm³/mol. The zero-order valence-corrected chi connectivity index (χ0v) is 15.7. The van der Waals surface area contributed by atoms with Gasteiger partial charge in [-0.3, -0.25) is 14.5 Å². The number of hydrogen-bond acceptors (Lipinski definition) is 4. The molecule has 1 aliphatic heterocycles. The van der Waals surface area contributed by atoms with Gasteiger partial charge in [0.15, 0.2) is 0 Å². The number of nitrogens with zero attached hydrogens (tertiary/aromatic N) is 1. The molecule has 8 heteroatoms. The molecule has 0 radical (unpaired) electrons. The van der Waals surface area contributed by atoms with Gasteiger partial charge in [0.2, 0.25) is 5.91 Å². The fraction of sp³-hybridized carbons (Fsp3) is 0.250. The molecule has 0 bridgehead atoms. The minimum Gasteiger partial charge on any atom is -0.394 e. The van der Waals surface area contributed by atoms with Crippen LogP contribution in [0.3, 0.4) is 0 Å². The Bertz CT molecular complexity index is 875. The highest BCUT2D eigenvalue weighted by Crippen LogP contribution is 2.18. The van der Waals surface area contributed by atoms with E-state index in [4.69, 9.17) is 11.6 Å². The number of amides is 4. The Morgan fingerprint density at radius 1 is 1.18 bits per heavy atom. The van der Waals surface area contributed by atoms with Crippen LogP contribution in [0.5, 0.6) is 0 Å². The number of benzene rings is 2. The monoisotopic (exact) mass is 401 g/mol. The molecule has 1 aliphatic rings. The Kier molecular flexibility index (Phi) is 6.28. The van der Waals surface area contributed by atoms with Crippen molar-refractivity contribution in [3.63, 3.8) is 0 Å². The molecule has 0 aromatic heterocycles. The van der Waals surface area contributed by atoms with Gasteiger partial charge in [-0.2, -0.15) is 0 Å². The zero-order chi connectivity index (χ0) is 20.1. The lowest BCUT2D eigenvalue weighted by molar-refractivity contribution is -0.131. The second kappa shape index (κ2) is 8.86. The number of halogens is 1. The minimum absolute atomic E-state index is 0.0760. The third-order valence-electron chi connectivity index (χ3n) is 4.45. The van der Waals surface area contributed by atoms with Gasteiger partial charge in [0.1, 0.15) is 6.04 Å². The smallest absolute Gasteiger partial charge is 0.325 e. The van der Waals surface area contributed by atoms with Gasteiger partial charge in [-0.05, 0) is 23.3 Å². The summed E-state index contributed by atoms with van der Waals surface area (Å²) in [5, 5.41) is 15.3. The summed E-state index contributed by atoms with van der Waals surface area (Å²) in [6.07, 6.45) is -0.208. The Morgan fingerprint density at radius 3 is 2.61 bits per heavy atom. The summed E-state index contributed by atoms with van der Waals surface area (Å²) in [4.78, 5) is 38.1. The number of aliphatic hydroxyl groups is 1. The fourth-order valence-corrected chi connectivity index (χ4v) is 3.25. The number of nitrogens with one attached hydrogen (secondary N) is 2. The van der Waals surface area contributed by atoms with Crippen LogP contribution in [-0.2, 0) is 16.1 Å². The number of hydrogen-bond donors (Lipinski definition) is 3. The van der Waals surface area contributed by atoms with Gasteiger partial charge in [0.25, 0.3) is 5.91 Å². The third-order valence-corrected chi connectivity index (χ3v) is 4.68. The molecule has 0 saturated carbocycles. The normalized spacial score (nSPS) is 17.4. The molecule has 1 heterocycles. The van der Waals surface area contributed by atoms with E-state index in [0.717, 1.165) is 10.5 Å². The molecular weight excluding hydrogens is 382 g/mol. The van der Waals surface area contributed by atoms with Crippen molar-refractivity contribution in [1.82, 2.24) is 15.5 Å². The van der Waals surface area contributed by atoms with Gasteiger partial charge in [0.05, 0.1) is 25.6 Å². The maximum atomic E-state index is 12.5. The van der Waals surface area contributed by atoms with Crippen molar-refractivity contribution in [2.75, 3.05) is 6.61 Å². The van der Waals surface area contributed by atoms with Gasteiger partial charge in [-0.1, -0.05) is 54.1 Å². The van der Waals surface area contributed by atoms with Crippen molar-refractivity contribution in [2.24, 2.45) is 0 Å². The summed E-state index contributed by atoms with van der Waals surface area (Å²) < 4.78 is 0. The molecule has 2 aromatic carbocycles. The molecule has 0 spiro atoms. The van der Waals surface area contributed by atoms with Crippen LogP contribution in [0.1, 0.15) is 23.6 Å². The molecular formula is C20H20ClN3O4. The number of urea groups is 1. The molecule has 146 valence electrons. The summed E-state index contributed by atoms with van der Waals surface area (Å²) in [7, 11) is 0. The van der Waals surface area contributed by atoms with Crippen molar-refractivity contribution in [3.8, 4) is 0 Å². The van der Waals surface area contributed by atoms with E-state index < -0.39 is 29.9 Å². The second-order valence-electron chi connectivity index (χ2n) is 6.47. The highest BCUT2D eigenvalue weighted by molar-refractivity contribution is 6.30. The first-order valence-corrected chi connectivity index (χ1v) is 9.17. The number of imide groups is 1. The molecule has 7 nitrogen and oxygen atoms in total. The molecule has 2 atom stereocenters. The molecule has 2 aromatic rings. The first-order chi connectivity index (χ1) is 13.5. The van der Waals surface area contributed by atoms with E-state index in [2.05, 4.69) is 10.6 Å². The number of aliphatic hydroxyl groups excluding tert-OH is 1. The van der Waals surface area contributed by atoms with Crippen LogP contribution in [0.15, 0.2) is 54.6 Å². The molecule has 3 rings (SSSR count). The summed E-state index contributed by atoms with van der Waals surface area (Å²) >= 11 is 5.94. The van der Waals surface area contributed by atoms with Gasteiger partial charge >= 0.3 is 6.03 Å². The molecule has 4 amide bonds. The average Bonchev–Trinajstić information content (AvgIpc) is 2.94. The predicted octanol–water partition coefficient (Wildman–Crippen LogP) is 2.00. The topological polar surface area (TPSA) is 98.7 Å². The van der Waals surface area contributed by atoms with E-state index in [0.29, 0.717) is 10.6 Å². The van der Waals surface area contributed by atoms with Crippen LogP contribution in [-0.4, -0.2) is 40.5 Å². The van der Waals surface area contributed by atoms with Gasteiger partial charge in [-0.15, -0.1) is 0 Å². The quantitative estimate of drug-likeness (QED) is 0.618. The Morgan fingerprint density at radius 2 is 1.93 bits per heavy atom. The van der Waals surface area contributed by atoms with Crippen LogP contribution >= 0.6 is 11.6 Å². The van der Waals surface area contributed by atoms with Crippen molar-refractivity contribution in [2.45, 2.75) is 25.0 Å². The first kappa shape index (κ1) is 19.9. The zero-order valence-electron chi connectivity index (χ0n) is 15.0. The van der Waals surface area contributed by atoms with Crippen LogP contribution in [0.4, 0.5) is 4.79 Å². The van der Waals surface area contributed by atoms with Crippen molar-refractivity contribution in [1.29, 1.82) is 0 Å². The number of rotatable bonds is 7. The maximum Gasteiger partial charge on any atom is 0.325 e. The highest BCUT2D eigenvalue weighted by atomic mass is 35.5. The highest BCUT2D eigenvalue weighted by Gasteiger charge is 2.39. The standard InChI is InChI=1S/C20H20ClN3O4/c21-15-8-4-5-13(9-15)11-24-19(27)16(23-20(24)28)10-18(26)22-17(12-25)14-6-2-1-3-7-14/h1-9,16-17,25H,10-12H2,(H,22,26)(H,23,28)/t16?,17-/m1/s1. The van der Waals surface area contributed by atoms with Crippen LogP contribution in [0.2, 0.25) is 5.02 Å². The van der Waals surface area contributed by atoms with Crippen LogP contribution < -0.4 is 10.6 Å². The largest absolute Gasteiger partial charge is 0.394 e. The summed E-state index contributed by atoms with van der Waals surface area (Å²) in [6, 6.07) is 13.8. The van der Waals surface area contributed by atoms with E-state index in [1.807, 2.05) is 6.07 Å². The molecule has 1 fully saturated rings. The Hall–Kier alpha value is -2.90. The van der Waals surface area contributed by atoms with Crippen LogP contribution in [0, 0.1) is 0 Å². The van der Waals surface area contributed by atoms with Crippen LogP contribution in [0.25, 0.3) is 0 Å². The number of carbonyl (C=O) groups is 3. The fourth-order valence-electron chi connectivity index (χ4n) is 3.04. The average molecular weight is 402 g/mol. The van der Waals surface area contributed by atoms with Gasteiger partial charge in [-0.25, -0.2) is 4.79 Å². The van der Waals surface area contributed by atoms with Crippen molar-refractivity contribution in [3.05, 3.63) is 70.7 Å². The molecule has 1 unspecified atom stereocenters. The van der Waals surface area contributed by atoms with E-state index in [9.17, 15) is 19.5 Å². The minimum atomic E-state index is -0.943. The van der Waals surface area contributed by atoms with E-state index >= 15 is 0 Å². The summed E-state index contributed by atoms with van der Waals surface area (Å²) in [5.74, 6) is -0.911. The van der Waals surface area contributed by atoms with E-state index in [-0.39, 0.29) is 19.6 Å². The lowest BCUT2D eigenvalue weighted by Crippen LogP contribution is -2.38. The van der Waals surface area contributed by atoms with Crippen molar-refractivity contribution >= 4 is 29.4 Å². The summed E-state index contributed by atoms with van der Waals surface area (Å²) in [5.41, 5.74) is 1.47. The molecule has 0 aliphatic carbocycles. The van der Waals surface area contributed by atoms with E-state index in [1.54, 1.807) is 48.5 Å². The lowest BCUT2D eigenvalue weighted by atomic mass is 10.1. The maximum absolute atomic E-state index is 12.5. The third kappa shape index (κ3) is 4.68. The Labute approximate surface area is 167 Å². The van der Waals surface area contributed by atoms with Gasteiger partial charge in [0, 0.05) is 5.02 Å². The second-order valence-corrected chi connectivity index (χ2v) is 6.91. The summed E-state index contributed by atoms with van der Waals surface area (Å²) in [6.45, 7) is -0.200. The van der Waals surface area contributed by atoms with Gasteiger partial charge < -0.3 is 15.7 Å². The Balaban J connectivity index is 1.60.